The maximum absolute atomic E-state index is 12.3. The van der Waals surface area contributed by atoms with E-state index in [0.717, 1.165) is 28.0 Å². The van der Waals surface area contributed by atoms with Gasteiger partial charge in [-0.3, -0.25) is 4.68 Å². The summed E-state index contributed by atoms with van der Waals surface area (Å²) in [4.78, 5) is 12.3. The number of hydrogen-bond donors (Lipinski definition) is 0. The first kappa shape index (κ1) is 17.7. The van der Waals surface area contributed by atoms with Crippen LogP contribution in [0.2, 0.25) is 0 Å². The summed E-state index contributed by atoms with van der Waals surface area (Å²) in [6.45, 7) is 2.29. The minimum Gasteiger partial charge on any atom is -0.489 e. The third-order valence-electron chi connectivity index (χ3n) is 4.59. The van der Waals surface area contributed by atoms with Crippen molar-refractivity contribution in [3.63, 3.8) is 0 Å². The molecule has 2 aromatic carbocycles. The molecule has 4 aromatic rings. The molecule has 0 saturated heterocycles. The summed E-state index contributed by atoms with van der Waals surface area (Å²) in [5.41, 5.74) is 4.32. The van der Waals surface area contributed by atoms with Crippen LogP contribution in [0.5, 0.6) is 5.75 Å². The van der Waals surface area contributed by atoms with Crippen molar-refractivity contribution in [3.05, 3.63) is 76.5 Å². The van der Waals surface area contributed by atoms with E-state index in [1.165, 1.54) is 9.36 Å². The van der Waals surface area contributed by atoms with E-state index in [9.17, 15) is 4.79 Å². The molecule has 0 N–H and O–H groups in total. The highest BCUT2D eigenvalue weighted by Gasteiger charge is 2.13. The molecule has 0 aliphatic carbocycles. The minimum absolute atomic E-state index is 0.301. The van der Waals surface area contributed by atoms with E-state index in [1.54, 1.807) is 11.7 Å². The molecule has 28 heavy (non-hydrogen) atoms. The molecule has 4 rings (SSSR count). The molecule has 0 spiro atoms. The highest BCUT2D eigenvalue weighted by Crippen LogP contribution is 2.25. The SMILES string of the molecule is Cc1cccc(-n2nnn(C)c2=O)c1COc1cccc(-c2cnn(C)c2)c1. The summed E-state index contributed by atoms with van der Waals surface area (Å²) < 4.78 is 10.3. The first-order valence-electron chi connectivity index (χ1n) is 8.82. The normalized spacial score (nSPS) is 11.0. The fourth-order valence-corrected chi connectivity index (χ4v) is 3.03. The second-order valence-corrected chi connectivity index (χ2v) is 6.59. The van der Waals surface area contributed by atoms with Crippen molar-refractivity contribution in [1.82, 2.24) is 29.6 Å². The molecule has 0 unspecified atom stereocenters. The Morgan fingerprint density at radius 2 is 1.86 bits per heavy atom. The Bertz CT molecular complexity index is 1190. The van der Waals surface area contributed by atoms with Crippen LogP contribution >= 0.6 is 0 Å². The lowest BCUT2D eigenvalue weighted by molar-refractivity contribution is 0.305. The number of benzene rings is 2. The van der Waals surface area contributed by atoms with E-state index in [1.807, 2.05) is 68.8 Å². The fourth-order valence-electron chi connectivity index (χ4n) is 3.03. The molecule has 0 fully saturated rings. The van der Waals surface area contributed by atoms with Crippen LogP contribution in [0.25, 0.3) is 16.8 Å². The van der Waals surface area contributed by atoms with Crippen molar-refractivity contribution >= 4 is 0 Å². The van der Waals surface area contributed by atoms with Gasteiger partial charge in [0.05, 0.1) is 11.9 Å². The molecule has 2 heterocycles. The first-order valence-corrected chi connectivity index (χ1v) is 8.82. The Labute approximate surface area is 161 Å². The van der Waals surface area contributed by atoms with Gasteiger partial charge in [-0.1, -0.05) is 24.3 Å². The molecular formula is C20H20N6O2. The molecule has 2 aromatic heterocycles. The summed E-state index contributed by atoms with van der Waals surface area (Å²) in [6.07, 6.45) is 3.78. The first-order chi connectivity index (χ1) is 13.5. The van der Waals surface area contributed by atoms with Crippen LogP contribution in [-0.2, 0) is 20.7 Å². The van der Waals surface area contributed by atoms with Crippen LogP contribution < -0.4 is 10.4 Å². The molecule has 0 saturated carbocycles. The summed E-state index contributed by atoms with van der Waals surface area (Å²) in [7, 11) is 3.46. The maximum atomic E-state index is 12.3. The van der Waals surface area contributed by atoms with Gasteiger partial charge >= 0.3 is 5.69 Å². The van der Waals surface area contributed by atoms with E-state index in [4.69, 9.17) is 4.74 Å². The Hall–Kier alpha value is -3.68. The van der Waals surface area contributed by atoms with Crippen molar-refractivity contribution in [2.75, 3.05) is 0 Å². The van der Waals surface area contributed by atoms with Crippen LogP contribution in [0.4, 0.5) is 0 Å². The average Bonchev–Trinajstić information content (AvgIpc) is 3.27. The zero-order chi connectivity index (χ0) is 19.7. The largest absolute Gasteiger partial charge is 0.489 e. The van der Waals surface area contributed by atoms with Gasteiger partial charge in [0.2, 0.25) is 0 Å². The topological polar surface area (TPSA) is 79.8 Å². The quantitative estimate of drug-likeness (QED) is 0.534. The predicted octanol–water partition coefficient (Wildman–Crippen LogP) is 2.25. The fraction of sp³-hybridized carbons (Fsp3) is 0.200. The van der Waals surface area contributed by atoms with E-state index in [0.29, 0.717) is 12.3 Å². The van der Waals surface area contributed by atoms with Gasteiger partial charge in [0.15, 0.2) is 0 Å². The highest BCUT2D eigenvalue weighted by atomic mass is 16.5. The molecule has 0 aliphatic rings. The molecule has 0 radical (unpaired) electrons. The predicted molar refractivity (Wildman–Crippen MR) is 104 cm³/mol. The lowest BCUT2D eigenvalue weighted by Gasteiger charge is -2.13. The number of ether oxygens (including phenoxy) is 1. The molecule has 0 atom stereocenters. The second-order valence-electron chi connectivity index (χ2n) is 6.59. The van der Waals surface area contributed by atoms with Gasteiger partial charge in [0, 0.05) is 31.4 Å². The van der Waals surface area contributed by atoms with Gasteiger partial charge in [-0.25, -0.2) is 4.79 Å². The van der Waals surface area contributed by atoms with Crippen LogP contribution in [-0.4, -0.2) is 29.6 Å². The monoisotopic (exact) mass is 376 g/mol. The number of tetrazole rings is 1. The van der Waals surface area contributed by atoms with Crippen molar-refractivity contribution in [2.24, 2.45) is 14.1 Å². The summed E-state index contributed by atoms with van der Waals surface area (Å²) >= 11 is 0. The number of nitrogens with zero attached hydrogens (tertiary/aromatic N) is 6. The molecule has 8 heteroatoms. The smallest absolute Gasteiger partial charge is 0.368 e. The lowest BCUT2D eigenvalue weighted by atomic mass is 10.1. The molecule has 0 amide bonds. The van der Waals surface area contributed by atoms with E-state index < -0.39 is 0 Å². The van der Waals surface area contributed by atoms with Crippen molar-refractivity contribution < 1.29 is 4.74 Å². The molecule has 142 valence electrons. The average molecular weight is 376 g/mol. The van der Waals surface area contributed by atoms with E-state index in [2.05, 4.69) is 15.5 Å². The molecule has 0 aliphatic heterocycles. The highest BCUT2D eigenvalue weighted by molar-refractivity contribution is 5.63. The van der Waals surface area contributed by atoms with Gasteiger partial charge in [-0.2, -0.15) is 14.5 Å². The van der Waals surface area contributed by atoms with Crippen LogP contribution in [0, 0.1) is 6.92 Å². The number of hydrogen-bond acceptors (Lipinski definition) is 5. The molecule has 0 bridgehead atoms. The standard InChI is InChI=1S/C20H20N6O2/c1-14-6-4-9-19(26-20(27)25(3)22-23-26)18(14)13-28-17-8-5-7-15(10-17)16-11-21-24(2)12-16/h4-12H,13H2,1-3H3. The van der Waals surface area contributed by atoms with Gasteiger partial charge in [0.1, 0.15) is 12.4 Å². The zero-order valence-electron chi connectivity index (χ0n) is 15.9. The van der Waals surface area contributed by atoms with E-state index in [-0.39, 0.29) is 5.69 Å². The number of rotatable bonds is 5. The van der Waals surface area contributed by atoms with Crippen LogP contribution in [0.15, 0.2) is 59.7 Å². The third-order valence-corrected chi connectivity index (χ3v) is 4.59. The van der Waals surface area contributed by atoms with Gasteiger partial charge in [0.25, 0.3) is 0 Å². The maximum Gasteiger partial charge on any atom is 0.368 e. The number of aromatic nitrogens is 6. The van der Waals surface area contributed by atoms with E-state index >= 15 is 0 Å². The van der Waals surface area contributed by atoms with Crippen molar-refractivity contribution in [2.45, 2.75) is 13.5 Å². The Morgan fingerprint density at radius 1 is 1.04 bits per heavy atom. The Balaban J connectivity index is 1.63. The Morgan fingerprint density at radius 3 is 2.57 bits per heavy atom. The summed E-state index contributed by atoms with van der Waals surface area (Å²) in [6, 6.07) is 13.6. The summed E-state index contributed by atoms with van der Waals surface area (Å²) in [5.74, 6) is 0.738. The van der Waals surface area contributed by atoms with Gasteiger partial charge in [-0.05, 0) is 46.7 Å². The molecular weight excluding hydrogens is 356 g/mol. The van der Waals surface area contributed by atoms with Gasteiger partial charge in [-0.15, -0.1) is 0 Å². The zero-order valence-corrected chi connectivity index (χ0v) is 15.9. The van der Waals surface area contributed by atoms with Crippen molar-refractivity contribution in [3.8, 4) is 22.6 Å². The Kier molecular flexibility index (Phi) is 4.52. The van der Waals surface area contributed by atoms with Crippen LogP contribution in [0.3, 0.4) is 0 Å². The summed E-state index contributed by atoms with van der Waals surface area (Å²) in [5, 5.41) is 12.0. The van der Waals surface area contributed by atoms with Crippen molar-refractivity contribution in [1.29, 1.82) is 0 Å². The third kappa shape index (κ3) is 3.32. The molecule has 8 nitrogen and oxygen atoms in total. The minimum atomic E-state index is -0.301. The number of aryl methyl sites for hydroxylation is 3. The van der Waals surface area contributed by atoms with Crippen LogP contribution in [0.1, 0.15) is 11.1 Å². The van der Waals surface area contributed by atoms with Gasteiger partial charge < -0.3 is 4.74 Å². The lowest BCUT2D eigenvalue weighted by Crippen LogP contribution is -2.23. The second kappa shape index (κ2) is 7.15.